The lowest BCUT2D eigenvalue weighted by Crippen LogP contribution is -2.25. The van der Waals surface area contributed by atoms with E-state index in [0.29, 0.717) is 12.2 Å². The van der Waals surface area contributed by atoms with Gasteiger partial charge in [-0.15, -0.1) is 0 Å². The van der Waals surface area contributed by atoms with Gasteiger partial charge in [0.15, 0.2) is 0 Å². The lowest BCUT2D eigenvalue weighted by atomic mass is 10.1. The molecule has 0 radical (unpaired) electrons. The first-order chi connectivity index (χ1) is 14.1. The Hall–Kier alpha value is -3.34. The van der Waals surface area contributed by atoms with Crippen molar-refractivity contribution in [2.75, 3.05) is 11.9 Å². The molecule has 0 saturated carbocycles. The maximum absolute atomic E-state index is 12.3. The molecule has 5 nitrogen and oxygen atoms in total. The van der Waals surface area contributed by atoms with E-state index >= 15 is 0 Å². The summed E-state index contributed by atoms with van der Waals surface area (Å²) in [6, 6.07) is 21.6. The molecular weight excluding hydrogens is 362 g/mol. The number of carbonyl (C=O) groups excluding carboxylic acids is 1. The number of carbonyl (C=O) groups is 1. The minimum absolute atomic E-state index is 0.0871. The molecule has 150 valence electrons. The van der Waals surface area contributed by atoms with Crippen LogP contribution in [-0.4, -0.2) is 23.5 Å². The minimum Gasteiger partial charge on any atom is -0.489 e. The van der Waals surface area contributed by atoms with Crippen LogP contribution in [0.2, 0.25) is 0 Å². The first-order valence-corrected chi connectivity index (χ1v) is 9.92. The molecule has 2 N–H and O–H groups in total. The van der Waals surface area contributed by atoms with E-state index in [1.54, 1.807) is 12.3 Å². The van der Waals surface area contributed by atoms with Crippen molar-refractivity contribution in [3.8, 4) is 5.75 Å². The van der Waals surface area contributed by atoms with Gasteiger partial charge >= 0.3 is 0 Å². The molecular formula is C24H27N3O2. The van der Waals surface area contributed by atoms with E-state index in [-0.39, 0.29) is 12.0 Å². The molecule has 1 amide bonds. The van der Waals surface area contributed by atoms with Gasteiger partial charge < -0.3 is 15.4 Å². The van der Waals surface area contributed by atoms with Crippen LogP contribution in [-0.2, 0) is 6.42 Å². The Balaban J connectivity index is 1.51. The summed E-state index contributed by atoms with van der Waals surface area (Å²) < 4.78 is 5.82. The van der Waals surface area contributed by atoms with Crippen LogP contribution in [0.4, 0.5) is 11.4 Å². The number of amides is 1. The molecule has 1 aromatic heterocycles. The van der Waals surface area contributed by atoms with Gasteiger partial charge in [-0.2, -0.15) is 0 Å². The lowest BCUT2D eigenvalue weighted by molar-refractivity contribution is 0.0948. The van der Waals surface area contributed by atoms with Crippen molar-refractivity contribution >= 4 is 17.3 Å². The van der Waals surface area contributed by atoms with E-state index < -0.39 is 0 Å². The topological polar surface area (TPSA) is 63.2 Å². The Kier molecular flexibility index (Phi) is 7.22. The number of hydrogen-bond donors (Lipinski definition) is 2. The molecule has 0 unspecified atom stereocenters. The molecule has 0 spiro atoms. The molecule has 0 saturated heterocycles. The number of nitrogens with one attached hydrogen (secondary N) is 2. The SMILES string of the molecule is CC(C)Oc1ccccc1Nc1ccc(C(=O)NCCCc2ccccc2)nc1. The van der Waals surface area contributed by atoms with Crippen molar-refractivity contribution in [1.82, 2.24) is 10.3 Å². The molecule has 3 aromatic rings. The van der Waals surface area contributed by atoms with Gasteiger partial charge in [0.25, 0.3) is 5.91 Å². The third kappa shape index (κ3) is 6.35. The second-order valence-electron chi connectivity index (χ2n) is 7.06. The zero-order valence-electron chi connectivity index (χ0n) is 16.9. The van der Waals surface area contributed by atoms with Crippen molar-refractivity contribution in [3.05, 3.63) is 84.2 Å². The van der Waals surface area contributed by atoms with E-state index in [0.717, 1.165) is 30.0 Å². The van der Waals surface area contributed by atoms with Gasteiger partial charge in [0, 0.05) is 6.54 Å². The quantitative estimate of drug-likeness (QED) is 0.507. The number of anilines is 2. The second kappa shape index (κ2) is 10.3. The highest BCUT2D eigenvalue weighted by atomic mass is 16.5. The molecule has 2 aromatic carbocycles. The zero-order chi connectivity index (χ0) is 20.5. The van der Waals surface area contributed by atoms with Gasteiger partial charge in [0.05, 0.1) is 23.7 Å². The molecule has 5 heteroatoms. The number of para-hydroxylation sites is 2. The lowest BCUT2D eigenvalue weighted by Gasteiger charge is -2.15. The summed E-state index contributed by atoms with van der Waals surface area (Å²) in [6.45, 7) is 4.60. The van der Waals surface area contributed by atoms with Crippen LogP contribution in [0.5, 0.6) is 5.75 Å². The normalized spacial score (nSPS) is 10.6. The fourth-order valence-corrected chi connectivity index (χ4v) is 2.91. The number of benzene rings is 2. The fraction of sp³-hybridized carbons (Fsp3) is 0.250. The number of aryl methyl sites for hydroxylation is 1. The predicted molar refractivity (Wildman–Crippen MR) is 117 cm³/mol. The van der Waals surface area contributed by atoms with Crippen molar-refractivity contribution in [2.45, 2.75) is 32.8 Å². The van der Waals surface area contributed by atoms with Crippen LogP contribution in [0.25, 0.3) is 0 Å². The molecule has 0 aliphatic heterocycles. The smallest absolute Gasteiger partial charge is 0.269 e. The number of nitrogens with zero attached hydrogens (tertiary/aromatic N) is 1. The number of ether oxygens (including phenoxy) is 1. The van der Waals surface area contributed by atoms with Gasteiger partial charge in [0.2, 0.25) is 0 Å². The second-order valence-corrected chi connectivity index (χ2v) is 7.06. The van der Waals surface area contributed by atoms with Crippen LogP contribution < -0.4 is 15.4 Å². The Labute approximate surface area is 172 Å². The average molecular weight is 389 g/mol. The Morgan fingerprint density at radius 1 is 1.00 bits per heavy atom. The number of rotatable bonds is 9. The van der Waals surface area contributed by atoms with Crippen molar-refractivity contribution in [3.63, 3.8) is 0 Å². The minimum atomic E-state index is -0.159. The van der Waals surface area contributed by atoms with Gasteiger partial charge in [-0.1, -0.05) is 42.5 Å². The van der Waals surface area contributed by atoms with Gasteiger partial charge in [-0.25, -0.2) is 4.98 Å². The van der Waals surface area contributed by atoms with Crippen LogP contribution in [0.1, 0.15) is 36.3 Å². The number of pyridine rings is 1. The van der Waals surface area contributed by atoms with Gasteiger partial charge in [0.1, 0.15) is 11.4 Å². The summed E-state index contributed by atoms with van der Waals surface area (Å²) in [4.78, 5) is 16.6. The average Bonchev–Trinajstić information content (AvgIpc) is 2.73. The Morgan fingerprint density at radius 2 is 1.76 bits per heavy atom. The summed E-state index contributed by atoms with van der Waals surface area (Å²) in [5, 5.41) is 6.22. The van der Waals surface area contributed by atoms with Crippen LogP contribution in [0.3, 0.4) is 0 Å². The maximum atomic E-state index is 12.3. The standard InChI is InChI=1S/C24H27N3O2/c1-18(2)29-23-13-7-6-12-21(23)27-20-14-15-22(26-17-20)24(28)25-16-8-11-19-9-4-3-5-10-19/h3-7,9-10,12-15,17-18,27H,8,11,16H2,1-2H3,(H,25,28). The summed E-state index contributed by atoms with van der Waals surface area (Å²) >= 11 is 0. The first-order valence-electron chi connectivity index (χ1n) is 9.92. The fourth-order valence-electron chi connectivity index (χ4n) is 2.91. The third-order valence-corrected chi connectivity index (χ3v) is 4.30. The number of aromatic nitrogens is 1. The van der Waals surface area contributed by atoms with Crippen LogP contribution >= 0.6 is 0 Å². The summed E-state index contributed by atoms with van der Waals surface area (Å²) in [5.74, 6) is 0.621. The highest BCUT2D eigenvalue weighted by Gasteiger charge is 2.08. The highest BCUT2D eigenvalue weighted by Crippen LogP contribution is 2.28. The number of hydrogen-bond acceptors (Lipinski definition) is 4. The van der Waals surface area contributed by atoms with E-state index in [4.69, 9.17) is 4.74 Å². The van der Waals surface area contributed by atoms with Gasteiger partial charge in [-0.3, -0.25) is 4.79 Å². The first kappa shape index (κ1) is 20.4. The van der Waals surface area contributed by atoms with Crippen LogP contribution in [0, 0.1) is 0 Å². The largest absolute Gasteiger partial charge is 0.489 e. The summed E-state index contributed by atoms with van der Waals surface area (Å²) in [7, 11) is 0. The molecule has 0 fully saturated rings. The summed E-state index contributed by atoms with van der Waals surface area (Å²) in [6.07, 6.45) is 3.58. The molecule has 3 rings (SSSR count). The molecule has 0 bridgehead atoms. The van der Waals surface area contributed by atoms with Crippen molar-refractivity contribution in [1.29, 1.82) is 0 Å². The van der Waals surface area contributed by atoms with E-state index in [1.807, 2.05) is 62.4 Å². The van der Waals surface area contributed by atoms with Crippen LogP contribution in [0.15, 0.2) is 72.9 Å². The molecule has 29 heavy (non-hydrogen) atoms. The summed E-state index contributed by atoms with van der Waals surface area (Å²) in [5.41, 5.74) is 3.34. The zero-order valence-corrected chi connectivity index (χ0v) is 16.9. The third-order valence-electron chi connectivity index (χ3n) is 4.30. The van der Waals surface area contributed by atoms with Crippen molar-refractivity contribution < 1.29 is 9.53 Å². The van der Waals surface area contributed by atoms with Gasteiger partial charge in [-0.05, 0) is 56.5 Å². The Bertz CT molecular complexity index is 909. The monoisotopic (exact) mass is 389 g/mol. The molecule has 1 heterocycles. The maximum Gasteiger partial charge on any atom is 0.269 e. The Morgan fingerprint density at radius 3 is 2.48 bits per heavy atom. The van der Waals surface area contributed by atoms with E-state index in [2.05, 4.69) is 27.8 Å². The predicted octanol–water partition coefficient (Wildman–Crippen LogP) is 4.98. The van der Waals surface area contributed by atoms with E-state index in [9.17, 15) is 4.79 Å². The van der Waals surface area contributed by atoms with Crippen molar-refractivity contribution in [2.24, 2.45) is 0 Å². The molecule has 0 atom stereocenters. The molecule has 0 aliphatic rings. The van der Waals surface area contributed by atoms with E-state index in [1.165, 1.54) is 5.56 Å². The highest BCUT2D eigenvalue weighted by molar-refractivity contribution is 5.92. The molecule has 0 aliphatic carbocycles.